The Morgan fingerprint density at radius 1 is 1.27 bits per heavy atom. The lowest BCUT2D eigenvalue weighted by Gasteiger charge is -2.04. The molecule has 0 amide bonds. The van der Waals surface area contributed by atoms with E-state index >= 15 is 0 Å². The van der Waals surface area contributed by atoms with Crippen LogP contribution in [0.15, 0.2) is 24.3 Å². The lowest BCUT2D eigenvalue weighted by molar-refractivity contribution is 0.0675. The van der Waals surface area contributed by atoms with E-state index in [-0.39, 0.29) is 0 Å². The second-order valence-corrected chi connectivity index (χ2v) is 5.28. The topological polar surface area (TPSA) is 9.23 Å². The van der Waals surface area contributed by atoms with Crippen LogP contribution in [0.3, 0.4) is 0 Å². The third kappa shape index (κ3) is 2.58. The van der Waals surface area contributed by atoms with E-state index < -0.39 is 0 Å². The molecule has 0 N–H and O–H groups in total. The van der Waals surface area contributed by atoms with Crippen molar-refractivity contribution in [2.75, 3.05) is 0 Å². The second kappa shape index (κ2) is 4.33. The second-order valence-electron chi connectivity index (χ2n) is 4.11. The molecular formula is C13H16OS. The fourth-order valence-corrected chi connectivity index (χ4v) is 2.50. The molecule has 2 heteroatoms. The van der Waals surface area contributed by atoms with Crippen LogP contribution in [0.5, 0.6) is 0 Å². The summed E-state index contributed by atoms with van der Waals surface area (Å²) in [4.78, 5) is 1.31. The molecule has 0 aliphatic rings. The molecule has 80 valence electrons. The van der Waals surface area contributed by atoms with Crippen LogP contribution >= 0.6 is 11.3 Å². The molecule has 0 saturated carbocycles. The Kier molecular flexibility index (Phi) is 3.08. The molecule has 0 bridgehead atoms. The number of aryl methyl sites for hydroxylation is 1. The number of hydrogen-bond donors (Lipinski definition) is 0. The summed E-state index contributed by atoms with van der Waals surface area (Å²) in [7, 11) is 0. The van der Waals surface area contributed by atoms with Crippen molar-refractivity contribution in [1.82, 2.24) is 0 Å². The maximum atomic E-state index is 5.60. The van der Waals surface area contributed by atoms with E-state index in [4.69, 9.17) is 4.74 Å². The summed E-state index contributed by atoms with van der Waals surface area (Å²) >= 11 is 1.82. The Hall–Kier alpha value is -0.860. The maximum Gasteiger partial charge on any atom is 0.0813 e. The van der Waals surface area contributed by atoms with Gasteiger partial charge >= 0.3 is 0 Å². The van der Waals surface area contributed by atoms with E-state index in [1.807, 2.05) is 11.3 Å². The van der Waals surface area contributed by atoms with Crippen molar-refractivity contribution in [3.05, 3.63) is 34.7 Å². The van der Waals surface area contributed by atoms with Gasteiger partial charge in [-0.15, -0.1) is 11.3 Å². The van der Waals surface area contributed by atoms with Crippen molar-refractivity contribution < 1.29 is 4.74 Å². The number of rotatable bonds is 3. The first-order valence-corrected chi connectivity index (χ1v) is 6.07. The number of benzene rings is 1. The smallest absolute Gasteiger partial charge is 0.0813 e. The molecule has 0 saturated heterocycles. The summed E-state index contributed by atoms with van der Waals surface area (Å²) in [6.07, 6.45) is 0.303. The standard InChI is InChI=1S/C13H16OS/c1-9(2)14-8-12-7-11-6-10(3)4-5-13(11)15-12/h4-7,9H,8H2,1-3H3. The van der Waals surface area contributed by atoms with Gasteiger partial charge in [-0.1, -0.05) is 17.7 Å². The molecule has 15 heavy (non-hydrogen) atoms. The van der Waals surface area contributed by atoms with Gasteiger partial charge in [-0.3, -0.25) is 0 Å². The minimum atomic E-state index is 0.303. The van der Waals surface area contributed by atoms with Crippen molar-refractivity contribution in [3.8, 4) is 0 Å². The summed E-state index contributed by atoms with van der Waals surface area (Å²) < 4.78 is 6.95. The minimum absolute atomic E-state index is 0.303. The SMILES string of the molecule is Cc1ccc2sc(COC(C)C)cc2c1. The molecule has 0 aliphatic carbocycles. The van der Waals surface area contributed by atoms with Gasteiger partial charge in [0, 0.05) is 9.58 Å². The molecule has 0 fully saturated rings. The summed E-state index contributed by atoms with van der Waals surface area (Å²) in [6, 6.07) is 8.81. The van der Waals surface area contributed by atoms with Gasteiger partial charge < -0.3 is 4.74 Å². The first-order chi connectivity index (χ1) is 7.15. The monoisotopic (exact) mass is 220 g/mol. The predicted molar refractivity (Wildman–Crippen MR) is 66.5 cm³/mol. The van der Waals surface area contributed by atoms with Crippen molar-refractivity contribution in [1.29, 1.82) is 0 Å². The normalized spacial score (nSPS) is 11.5. The van der Waals surface area contributed by atoms with Crippen molar-refractivity contribution in [2.24, 2.45) is 0 Å². The molecule has 2 aromatic rings. The number of fused-ring (bicyclic) bond motifs is 1. The van der Waals surface area contributed by atoms with Crippen LogP contribution < -0.4 is 0 Å². The first-order valence-electron chi connectivity index (χ1n) is 5.26. The highest BCUT2D eigenvalue weighted by Gasteiger charge is 2.02. The van der Waals surface area contributed by atoms with Crippen LogP contribution in [0.4, 0.5) is 0 Å². The lowest BCUT2D eigenvalue weighted by Crippen LogP contribution is -2.00. The van der Waals surface area contributed by atoms with Crippen LogP contribution in [-0.2, 0) is 11.3 Å². The first kappa shape index (κ1) is 10.7. The highest BCUT2D eigenvalue weighted by Crippen LogP contribution is 2.27. The Morgan fingerprint density at radius 3 is 2.80 bits per heavy atom. The molecule has 1 heterocycles. The van der Waals surface area contributed by atoms with Gasteiger partial charge in [0.25, 0.3) is 0 Å². The molecule has 0 unspecified atom stereocenters. The van der Waals surface area contributed by atoms with E-state index in [2.05, 4.69) is 45.0 Å². The summed E-state index contributed by atoms with van der Waals surface area (Å²) in [5.74, 6) is 0. The highest BCUT2D eigenvalue weighted by atomic mass is 32.1. The Labute approximate surface area is 94.7 Å². The van der Waals surface area contributed by atoms with E-state index in [0.717, 1.165) is 6.61 Å². The van der Waals surface area contributed by atoms with Gasteiger partial charge in [0.15, 0.2) is 0 Å². The van der Waals surface area contributed by atoms with Crippen molar-refractivity contribution >= 4 is 21.4 Å². The zero-order valence-corrected chi connectivity index (χ0v) is 10.2. The fourth-order valence-electron chi connectivity index (χ4n) is 1.54. The third-order valence-corrected chi connectivity index (χ3v) is 3.37. The van der Waals surface area contributed by atoms with Crippen LogP contribution in [0.25, 0.3) is 10.1 Å². The van der Waals surface area contributed by atoms with E-state index in [1.165, 1.54) is 20.5 Å². The lowest BCUT2D eigenvalue weighted by atomic mass is 10.2. The van der Waals surface area contributed by atoms with Crippen molar-refractivity contribution in [2.45, 2.75) is 33.5 Å². The van der Waals surface area contributed by atoms with Gasteiger partial charge in [-0.25, -0.2) is 0 Å². The zero-order valence-electron chi connectivity index (χ0n) is 9.41. The molecule has 1 aromatic heterocycles. The van der Waals surface area contributed by atoms with Gasteiger partial charge in [0.2, 0.25) is 0 Å². The molecule has 1 nitrogen and oxygen atoms in total. The molecule has 2 rings (SSSR count). The van der Waals surface area contributed by atoms with Crippen LogP contribution in [0.2, 0.25) is 0 Å². The minimum Gasteiger partial charge on any atom is -0.373 e. The molecule has 0 atom stereocenters. The van der Waals surface area contributed by atoms with Crippen molar-refractivity contribution in [3.63, 3.8) is 0 Å². The number of ether oxygens (including phenoxy) is 1. The fraction of sp³-hybridized carbons (Fsp3) is 0.385. The molecule has 0 radical (unpaired) electrons. The molecule has 0 aliphatic heterocycles. The molecule has 0 spiro atoms. The van der Waals surface area contributed by atoms with E-state index in [1.54, 1.807) is 0 Å². The number of thiophene rings is 1. The van der Waals surface area contributed by atoms with Crippen LogP contribution in [-0.4, -0.2) is 6.10 Å². The van der Waals surface area contributed by atoms with Gasteiger partial charge in [0.05, 0.1) is 12.7 Å². The van der Waals surface area contributed by atoms with E-state index in [0.29, 0.717) is 6.10 Å². The quantitative estimate of drug-likeness (QED) is 0.755. The Bertz CT molecular complexity index is 457. The average Bonchev–Trinajstić information content (AvgIpc) is 2.56. The largest absolute Gasteiger partial charge is 0.373 e. The maximum absolute atomic E-state index is 5.60. The van der Waals surface area contributed by atoms with Crippen LogP contribution in [0.1, 0.15) is 24.3 Å². The Morgan fingerprint density at radius 2 is 2.07 bits per heavy atom. The van der Waals surface area contributed by atoms with E-state index in [9.17, 15) is 0 Å². The highest BCUT2D eigenvalue weighted by molar-refractivity contribution is 7.19. The van der Waals surface area contributed by atoms with Crippen LogP contribution in [0, 0.1) is 6.92 Å². The summed E-state index contributed by atoms with van der Waals surface area (Å²) in [5, 5.41) is 1.34. The van der Waals surface area contributed by atoms with Gasteiger partial charge in [-0.2, -0.15) is 0 Å². The Balaban J connectivity index is 2.23. The molecule has 1 aromatic carbocycles. The van der Waals surface area contributed by atoms with Gasteiger partial charge in [0.1, 0.15) is 0 Å². The summed E-state index contributed by atoms with van der Waals surface area (Å²) in [5.41, 5.74) is 1.32. The predicted octanol–water partition coefficient (Wildman–Crippen LogP) is 4.13. The third-order valence-electron chi connectivity index (χ3n) is 2.28. The zero-order chi connectivity index (χ0) is 10.8. The average molecular weight is 220 g/mol. The van der Waals surface area contributed by atoms with Gasteiger partial charge in [-0.05, 0) is 38.3 Å². The summed E-state index contributed by atoms with van der Waals surface area (Å²) in [6.45, 7) is 6.99. The molecular weight excluding hydrogens is 204 g/mol. The number of hydrogen-bond acceptors (Lipinski definition) is 2.